The molecule has 0 spiro atoms. The minimum absolute atomic E-state index is 0.383. The van der Waals surface area contributed by atoms with Crippen LogP contribution in [-0.4, -0.2) is 28.7 Å². The quantitative estimate of drug-likeness (QED) is 0.821. The summed E-state index contributed by atoms with van der Waals surface area (Å²) in [7, 11) is 0. The molecule has 0 aliphatic rings. The Hall–Kier alpha value is -0.680. The molecule has 1 N–H and O–H groups in total. The zero-order valence-corrected chi connectivity index (χ0v) is 11.3. The summed E-state index contributed by atoms with van der Waals surface area (Å²) >= 11 is 4.72. The van der Waals surface area contributed by atoms with E-state index in [0.717, 1.165) is 10.2 Å². The first kappa shape index (κ1) is 13.4. The van der Waals surface area contributed by atoms with Gasteiger partial charge in [-0.25, -0.2) is 0 Å². The molecule has 1 rings (SSSR count). The first-order chi connectivity index (χ1) is 7.59. The fraction of sp³-hybridized carbons (Fsp3) is 0.364. The lowest BCUT2D eigenvalue weighted by Gasteiger charge is -2.08. The van der Waals surface area contributed by atoms with Crippen molar-refractivity contribution in [3.8, 4) is 5.75 Å². The number of carboxylic acids is 1. The monoisotopic (exact) mass is 304 g/mol. The first-order valence-electron chi connectivity index (χ1n) is 4.82. The van der Waals surface area contributed by atoms with Crippen LogP contribution in [0.5, 0.6) is 5.75 Å². The zero-order valence-electron chi connectivity index (χ0n) is 8.85. The Bertz CT molecular complexity index is 357. The van der Waals surface area contributed by atoms with Gasteiger partial charge >= 0.3 is 5.97 Å². The predicted molar refractivity (Wildman–Crippen MR) is 69.2 cm³/mol. The highest BCUT2D eigenvalue weighted by molar-refractivity contribution is 9.10. The maximum absolute atomic E-state index is 10.5. The maximum Gasteiger partial charge on any atom is 0.316 e. The van der Waals surface area contributed by atoms with E-state index in [1.807, 2.05) is 24.3 Å². The van der Waals surface area contributed by atoms with E-state index in [9.17, 15) is 4.79 Å². The summed E-state index contributed by atoms with van der Waals surface area (Å²) in [5, 5.41) is 8.28. The fourth-order valence-corrected chi connectivity index (χ4v) is 2.07. The lowest BCUT2D eigenvalue weighted by atomic mass is 10.3. The molecule has 1 aromatic carbocycles. The highest BCUT2D eigenvalue weighted by Crippen LogP contribution is 2.18. The third-order valence-corrected chi connectivity index (χ3v) is 3.46. The smallest absolute Gasteiger partial charge is 0.316 e. The number of ether oxygens (including phenoxy) is 1. The molecule has 0 fully saturated rings. The number of aliphatic carboxylic acids is 1. The number of halogens is 1. The van der Waals surface area contributed by atoms with Gasteiger partial charge in [-0.15, -0.1) is 11.8 Å². The van der Waals surface area contributed by atoms with Crippen molar-refractivity contribution in [1.82, 2.24) is 0 Å². The third kappa shape index (κ3) is 4.90. The van der Waals surface area contributed by atoms with Crippen LogP contribution in [0, 0.1) is 0 Å². The standard InChI is InChI=1S/C11H13BrO3S/c1-8(11(13)14)16-6-5-15-10-4-2-3-9(12)7-10/h2-4,7-8H,5-6H2,1H3,(H,13,14). The van der Waals surface area contributed by atoms with Gasteiger partial charge in [0.25, 0.3) is 0 Å². The first-order valence-corrected chi connectivity index (χ1v) is 6.66. The second kappa shape index (κ2) is 6.81. The van der Waals surface area contributed by atoms with Gasteiger partial charge in [0.05, 0.1) is 11.9 Å². The Morgan fingerprint density at radius 2 is 2.38 bits per heavy atom. The van der Waals surface area contributed by atoms with E-state index in [-0.39, 0.29) is 5.25 Å². The van der Waals surface area contributed by atoms with E-state index in [1.165, 1.54) is 11.8 Å². The van der Waals surface area contributed by atoms with E-state index in [2.05, 4.69) is 15.9 Å². The number of thioether (sulfide) groups is 1. The third-order valence-electron chi connectivity index (χ3n) is 1.86. The average Bonchev–Trinajstić information content (AvgIpc) is 2.24. The van der Waals surface area contributed by atoms with E-state index >= 15 is 0 Å². The Balaban J connectivity index is 2.23. The van der Waals surface area contributed by atoms with Crippen LogP contribution in [0.1, 0.15) is 6.92 Å². The lowest BCUT2D eigenvalue weighted by molar-refractivity contribution is -0.136. The van der Waals surface area contributed by atoms with Crippen LogP contribution in [-0.2, 0) is 4.79 Å². The number of carbonyl (C=O) groups is 1. The molecule has 0 aliphatic carbocycles. The van der Waals surface area contributed by atoms with E-state index < -0.39 is 5.97 Å². The van der Waals surface area contributed by atoms with Crippen LogP contribution >= 0.6 is 27.7 Å². The molecule has 0 amide bonds. The van der Waals surface area contributed by atoms with Gasteiger partial charge in [-0.05, 0) is 25.1 Å². The minimum atomic E-state index is -0.785. The Labute approximate surface area is 107 Å². The highest BCUT2D eigenvalue weighted by atomic mass is 79.9. The molecule has 1 atom stereocenters. The fourth-order valence-electron chi connectivity index (χ4n) is 1.01. The normalized spacial score (nSPS) is 12.1. The van der Waals surface area contributed by atoms with Crippen molar-refractivity contribution in [2.24, 2.45) is 0 Å². The van der Waals surface area contributed by atoms with Crippen LogP contribution in [0.4, 0.5) is 0 Å². The van der Waals surface area contributed by atoms with Crippen LogP contribution in [0.15, 0.2) is 28.7 Å². The van der Waals surface area contributed by atoms with Crippen LogP contribution < -0.4 is 4.74 Å². The van der Waals surface area contributed by atoms with Crippen LogP contribution in [0.25, 0.3) is 0 Å². The predicted octanol–water partition coefficient (Wildman–Crippen LogP) is 3.03. The minimum Gasteiger partial charge on any atom is -0.493 e. The molecule has 0 heterocycles. The zero-order chi connectivity index (χ0) is 12.0. The number of rotatable bonds is 6. The van der Waals surface area contributed by atoms with Crippen molar-refractivity contribution in [3.63, 3.8) is 0 Å². The van der Waals surface area contributed by atoms with Crippen LogP contribution in [0.2, 0.25) is 0 Å². The summed E-state index contributed by atoms with van der Waals surface area (Å²) < 4.78 is 6.44. The van der Waals surface area contributed by atoms with Crippen molar-refractivity contribution in [2.75, 3.05) is 12.4 Å². The number of carboxylic acid groups (broad SMARTS) is 1. The van der Waals surface area contributed by atoms with Gasteiger partial charge in [-0.2, -0.15) is 0 Å². The number of benzene rings is 1. The summed E-state index contributed by atoms with van der Waals surface area (Å²) in [5.74, 6) is 0.672. The molecule has 0 saturated carbocycles. The number of hydrogen-bond donors (Lipinski definition) is 1. The molecule has 1 unspecified atom stereocenters. The Morgan fingerprint density at radius 1 is 1.62 bits per heavy atom. The maximum atomic E-state index is 10.5. The lowest BCUT2D eigenvalue weighted by Crippen LogP contribution is -2.13. The summed E-state index contributed by atoms with van der Waals surface area (Å²) in [6.07, 6.45) is 0. The molecule has 0 radical (unpaired) electrons. The van der Waals surface area contributed by atoms with Gasteiger partial charge in [0.1, 0.15) is 5.75 Å². The molecule has 3 nitrogen and oxygen atoms in total. The van der Waals surface area contributed by atoms with Gasteiger partial charge in [0.15, 0.2) is 0 Å². The largest absolute Gasteiger partial charge is 0.493 e. The van der Waals surface area contributed by atoms with Gasteiger partial charge in [-0.1, -0.05) is 22.0 Å². The van der Waals surface area contributed by atoms with E-state index in [4.69, 9.17) is 9.84 Å². The summed E-state index contributed by atoms with van der Waals surface area (Å²) in [6.45, 7) is 2.19. The van der Waals surface area contributed by atoms with E-state index in [0.29, 0.717) is 12.4 Å². The molecule has 0 aliphatic heterocycles. The molecule has 1 aromatic rings. The summed E-state index contributed by atoms with van der Waals surface area (Å²) in [5.41, 5.74) is 0. The Morgan fingerprint density at radius 3 is 3.00 bits per heavy atom. The second-order valence-corrected chi connectivity index (χ2v) is 5.52. The van der Waals surface area contributed by atoms with Gasteiger partial charge in [-0.3, -0.25) is 4.79 Å². The second-order valence-electron chi connectivity index (χ2n) is 3.16. The van der Waals surface area contributed by atoms with Crippen molar-refractivity contribution >= 4 is 33.7 Å². The summed E-state index contributed by atoms with van der Waals surface area (Å²) in [6, 6.07) is 7.57. The Kier molecular flexibility index (Phi) is 5.69. The van der Waals surface area contributed by atoms with Crippen molar-refractivity contribution < 1.29 is 14.6 Å². The van der Waals surface area contributed by atoms with E-state index in [1.54, 1.807) is 6.92 Å². The van der Waals surface area contributed by atoms with Gasteiger partial charge in [0.2, 0.25) is 0 Å². The molecule has 0 bridgehead atoms. The molecular weight excluding hydrogens is 292 g/mol. The van der Waals surface area contributed by atoms with Crippen LogP contribution in [0.3, 0.4) is 0 Å². The average molecular weight is 305 g/mol. The molecular formula is C11H13BrO3S. The molecule has 5 heteroatoms. The molecule has 0 aromatic heterocycles. The SMILES string of the molecule is CC(SCCOc1cccc(Br)c1)C(=O)O. The van der Waals surface area contributed by atoms with Crippen molar-refractivity contribution in [3.05, 3.63) is 28.7 Å². The van der Waals surface area contributed by atoms with Gasteiger partial charge in [0, 0.05) is 10.2 Å². The van der Waals surface area contributed by atoms with Crippen molar-refractivity contribution in [1.29, 1.82) is 0 Å². The summed E-state index contributed by atoms with van der Waals surface area (Å²) in [4.78, 5) is 10.5. The topological polar surface area (TPSA) is 46.5 Å². The molecule has 0 saturated heterocycles. The van der Waals surface area contributed by atoms with Gasteiger partial charge < -0.3 is 9.84 Å². The molecule has 88 valence electrons. The van der Waals surface area contributed by atoms with Crippen molar-refractivity contribution in [2.45, 2.75) is 12.2 Å². The highest BCUT2D eigenvalue weighted by Gasteiger charge is 2.10. The number of hydrogen-bond acceptors (Lipinski definition) is 3. The molecule has 16 heavy (non-hydrogen) atoms.